The maximum atomic E-state index is 11.9. The number of hydrogen-bond acceptors (Lipinski definition) is 5. The van der Waals surface area contributed by atoms with E-state index >= 15 is 0 Å². The largest absolute Gasteiger partial charge is 0.347 e. The Balaban J connectivity index is 1.44. The lowest BCUT2D eigenvalue weighted by Crippen LogP contribution is -2.48. The number of rotatable bonds is 5. The van der Waals surface area contributed by atoms with Crippen molar-refractivity contribution in [3.63, 3.8) is 0 Å². The molecule has 0 atom stereocenters. The lowest BCUT2D eigenvalue weighted by Gasteiger charge is -2.31. The summed E-state index contributed by atoms with van der Waals surface area (Å²) in [5.41, 5.74) is 2.30. The third-order valence-corrected chi connectivity index (χ3v) is 5.68. The number of carbonyl (C=O) groups excluding carboxylic acids is 1. The van der Waals surface area contributed by atoms with Crippen LogP contribution in [0.5, 0.6) is 0 Å². The van der Waals surface area contributed by atoms with Gasteiger partial charge in [-0.15, -0.1) is 0 Å². The summed E-state index contributed by atoms with van der Waals surface area (Å²) < 4.78 is 4.55. The van der Waals surface area contributed by atoms with E-state index in [1.54, 1.807) is 0 Å². The van der Waals surface area contributed by atoms with Crippen LogP contribution in [-0.2, 0) is 6.42 Å². The number of amides is 2. The van der Waals surface area contributed by atoms with Gasteiger partial charge in [-0.05, 0) is 52.0 Å². The molecule has 152 valence electrons. The number of aryl methyl sites for hydroxylation is 1. The quantitative estimate of drug-likeness (QED) is 0.800. The fourth-order valence-electron chi connectivity index (χ4n) is 3.28. The highest BCUT2D eigenvalue weighted by Crippen LogP contribution is 2.25. The molecule has 1 saturated heterocycles. The van der Waals surface area contributed by atoms with E-state index in [1.807, 2.05) is 20.8 Å². The molecule has 1 aliphatic rings. The van der Waals surface area contributed by atoms with Gasteiger partial charge >= 0.3 is 6.03 Å². The lowest BCUT2D eigenvalue weighted by molar-refractivity contribution is 0.228. The van der Waals surface area contributed by atoms with Gasteiger partial charge in [-0.25, -0.2) is 9.78 Å². The van der Waals surface area contributed by atoms with Gasteiger partial charge in [-0.1, -0.05) is 29.8 Å². The number of piperidine rings is 1. The first-order valence-electron chi connectivity index (χ1n) is 9.97. The summed E-state index contributed by atoms with van der Waals surface area (Å²) in [6.07, 6.45) is 2.89. The summed E-state index contributed by atoms with van der Waals surface area (Å²) in [6, 6.07) is 8.46. The molecule has 1 aromatic heterocycles. The second-order valence-corrected chi connectivity index (χ2v) is 9.40. The van der Waals surface area contributed by atoms with Crippen LogP contribution in [0.3, 0.4) is 0 Å². The topological polar surface area (TPSA) is 70.2 Å². The summed E-state index contributed by atoms with van der Waals surface area (Å²) in [7, 11) is 0. The van der Waals surface area contributed by atoms with E-state index in [1.165, 1.54) is 22.7 Å². The predicted molar refractivity (Wildman–Crippen MR) is 115 cm³/mol. The Bertz CT molecular complexity index is 773. The average Bonchev–Trinajstić information content (AvgIpc) is 3.09. The van der Waals surface area contributed by atoms with E-state index in [0.717, 1.165) is 49.9 Å². The molecule has 0 radical (unpaired) electrons. The van der Waals surface area contributed by atoms with E-state index in [2.05, 4.69) is 51.1 Å². The number of benzene rings is 1. The number of hydrogen-bond donors (Lipinski definition) is 2. The van der Waals surface area contributed by atoms with Crippen molar-refractivity contribution in [2.45, 2.75) is 52.5 Å². The van der Waals surface area contributed by atoms with Gasteiger partial charge in [0.15, 0.2) is 0 Å². The maximum absolute atomic E-state index is 11.9. The van der Waals surface area contributed by atoms with Crippen LogP contribution in [0.2, 0.25) is 0 Å². The molecular weight excluding hydrogens is 370 g/mol. The monoisotopic (exact) mass is 401 g/mol. The SMILES string of the molecule is Cc1ccc(Cc2nsc(N3CCC(CNC(=O)NC(C)(C)C)CC3)n2)cc1. The van der Waals surface area contributed by atoms with E-state index in [0.29, 0.717) is 5.92 Å². The summed E-state index contributed by atoms with van der Waals surface area (Å²) >= 11 is 1.49. The Morgan fingerprint density at radius 1 is 1.21 bits per heavy atom. The van der Waals surface area contributed by atoms with E-state index < -0.39 is 0 Å². The van der Waals surface area contributed by atoms with Crippen molar-refractivity contribution in [3.8, 4) is 0 Å². The Kier molecular flexibility index (Phi) is 6.54. The molecular formula is C21H31N5OS. The normalized spacial score (nSPS) is 15.5. The Morgan fingerprint density at radius 2 is 1.89 bits per heavy atom. The fraction of sp³-hybridized carbons (Fsp3) is 0.571. The number of aromatic nitrogens is 2. The molecule has 0 aliphatic carbocycles. The molecule has 2 amide bonds. The summed E-state index contributed by atoms with van der Waals surface area (Å²) in [6.45, 7) is 10.7. The van der Waals surface area contributed by atoms with Crippen LogP contribution in [0.15, 0.2) is 24.3 Å². The second kappa shape index (κ2) is 8.90. The molecule has 7 heteroatoms. The van der Waals surface area contributed by atoms with Gasteiger partial charge in [0.25, 0.3) is 0 Å². The number of carbonyl (C=O) groups is 1. The van der Waals surface area contributed by atoms with E-state index in [-0.39, 0.29) is 11.6 Å². The van der Waals surface area contributed by atoms with Crippen molar-refractivity contribution in [2.24, 2.45) is 5.92 Å². The molecule has 3 rings (SSSR count). The third kappa shape index (κ3) is 6.19. The number of anilines is 1. The minimum absolute atomic E-state index is 0.0835. The molecule has 2 N–H and O–H groups in total. The van der Waals surface area contributed by atoms with Gasteiger partial charge < -0.3 is 15.5 Å². The average molecular weight is 402 g/mol. The molecule has 28 heavy (non-hydrogen) atoms. The first-order valence-corrected chi connectivity index (χ1v) is 10.7. The Labute approximate surface area is 171 Å². The molecule has 6 nitrogen and oxygen atoms in total. The van der Waals surface area contributed by atoms with Crippen molar-refractivity contribution < 1.29 is 4.79 Å². The highest BCUT2D eigenvalue weighted by Gasteiger charge is 2.23. The van der Waals surface area contributed by atoms with E-state index in [4.69, 9.17) is 4.98 Å². The van der Waals surface area contributed by atoms with Gasteiger partial charge in [0.05, 0.1) is 0 Å². The minimum atomic E-state index is -0.207. The summed E-state index contributed by atoms with van der Waals surface area (Å²) in [5.74, 6) is 1.41. The number of urea groups is 1. The Hall–Kier alpha value is -2.15. The summed E-state index contributed by atoms with van der Waals surface area (Å²) in [4.78, 5) is 19.0. The van der Waals surface area contributed by atoms with Crippen LogP contribution in [0.1, 0.15) is 50.6 Å². The second-order valence-electron chi connectivity index (χ2n) is 8.67. The third-order valence-electron chi connectivity index (χ3n) is 4.87. The first-order chi connectivity index (χ1) is 13.3. The van der Waals surface area contributed by atoms with Crippen LogP contribution in [0.4, 0.5) is 9.93 Å². The van der Waals surface area contributed by atoms with Gasteiger partial charge in [0.1, 0.15) is 5.82 Å². The standard InChI is InChI=1S/C21H31N5OS/c1-15-5-7-16(8-6-15)13-18-23-20(28-25-18)26-11-9-17(10-12-26)14-22-19(27)24-21(2,3)4/h5-8,17H,9-14H2,1-4H3,(H2,22,24,27). The van der Waals surface area contributed by atoms with Crippen LogP contribution in [0.25, 0.3) is 0 Å². The molecule has 1 aliphatic heterocycles. The van der Waals surface area contributed by atoms with Crippen molar-refractivity contribution in [1.82, 2.24) is 20.0 Å². The van der Waals surface area contributed by atoms with Crippen LogP contribution in [-0.4, -0.2) is 40.6 Å². The van der Waals surface area contributed by atoms with Crippen LogP contribution < -0.4 is 15.5 Å². The zero-order valence-electron chi connectivity index (χ0n) is 17.3. The molecule has 1 fully saturated rings. The van der Waals surface area contributed by atoms with E-state index in [9.17, 15) is 4.79 Å². The number of nitrogens with one attached hydrogen (secondary N) is 2. The Morgan fingerprint density at radius 3 is 2.54 bits per heavy atom. The van der Waals surface area contributed by atoms with Crippen molar-refractivity contribution in [1.29, 1.82) is 0 Å². The maximum Gasteiger partial charge on any atom is 0.315 e. The fourth-order valence-corrected chi connectivity index (χ4v) is 4.02. The predicted octanol–water partition coefficient (Wildman–Crippen LogP) is 3.75. The smallest absolute Gasteiger partial charge is 0.315 e. The summed E-state index contributed by atoms with van der Waals surface area (Å²) in [5, 5.41) is 6.96. The van der Waals surface area contributed by atoms with Gasteiger partial charge in [-0.2, -0.15) is 4.37 Å². The van der Waals surface area contributed by atoms with Gasteiger partial charge in [0.2, 0.25) is 5.13 Å². The van der Waals surface area contributed by atoms with Crippen molar-refractivity contribution >= 4 is 22.7 Å². The van der Waals surface area contributed by atoms with Crippen LogP contribution >= 0.6 is 11.5 Å². The van der Waals surface area contributed by atoms with Crippen molar-refractivity contribution in [2.75, 3.05) is 24.5 Å². The molecule has 0 saturated carbocycles. The van der Waals surface area contributed by atoms with Crippen LogP contribution in [0, 0.1) is 12.8 Å². The zero-order valence-corrected chi connectivity index (χ0v) is 18.1. The van der Waals surface area contributed by atoms with Crippen molar-refractivity contribution in [3.05, 3.63) is 41.2 Å². The van der Waals surface area contributed by atoms with Gasteiger partial charge in [0, 0.05) is 43.1 Å². The molecule has 2 heterocycles. The molecule has 0 spiro atoms. The number of nitrogens with zero attached hydrogens (tertiary/aromatic N) is 3. The highest BCUT2D eigenvalue weighted by atomic mass is 32.1. The molecule has 1 aromatic carbocycles. The molecule has 0 bridgehead atoms. The lowest BCUT2D eigenvalue weighted by atomic mass is 9.97. The first kappa shape index (κ1) is 20.6. The minimum Gasteiger partial charge on any atom is -0.347 e. The zero-order chi connectivity index (χ0) is 20.1. The molecule has 0 unspecified atom stereocenters. The van der Waals surface area contributed by atoms with Gasteiger partial charge in [-0.3, -0.25) is 0 Å². The highest BCUT2D eigenvalue weighted by molar-refractivity contribution is 7.09. The molecule has 2 aromatic rings.